The summed E-state index contributed by atoms with van der Waals surface area (Å²) in [7, 11) is 1.50. The van der Waals surface area contributed by atoms with Crippen molar-refractivity contribution in [1.29, 1.82) is 0 Å². The zero-order valence-electron chi connectivity index (χ0n) is 13.7. The highest BCUT2D eigenvalue weighted by Crippen LogP contribution is 2.38. The molecule has 0 unspecified atom stereocenters. The number of methoxy groups -OCH3 is 1. The Morgan fingerprint density at radius 1 is 1.36 bits per heavy atom. The maximum Gasteiger partial charge on any atom is 0.319 e. The monoisotopic (exact) mass is 363 g/mol. The van der Waals surface area contributed by atoms with Crippen LogP contribution in [-0.2, 0) is 6.42 Å². The van der Waals surface area contributed by atoms with Gasteiger partial charge in [-0.15, -0.1) is 0 Å². The summed E-state index contributed by atoms with van der Waals surface area (Å²) in [5.74, 6) is 1.57. The second kappa shape index (κ2) is 7.94. The lowest BCUT2D eigenvalue weighted by molar-refractivity contribution is 0.171. The Labute approximate surface area is 150 Å². The van der Waals surface area contributed by atoms with Gasteiger partial charge in [0.15, 0.2) is 11.5 Å². The highest BCUT2D eigenvalue weighted by molar-refractivity contribution is 6.32. The first-order chi connectivity index (χ1) is 12.2. The van der Waals surface area contributed by atoms with Gasteiger partial charge in [0.05, 0.1) is 12.1 Å². The Balaban J connectivity index is 1.54. The molecule has 0 spiro atoms. The van der Waals surface area contributed by atoms with Gasteiger partial charge in [-0.1, -0.05) is 11.6 Å². The molecule has 2 aromatic rings. The molecule has 0 bridgehead atoms. The average Bonchev–Trinajstić information content (AvgIpc) is 2.62. The Bertz CT molecular complexity index is 770. The van der Waals surface area contributed by atoms with Crippen LogP contribution < -0.4 is 24.8 Å². The first-order valence-corrected chi connectivity index (χ1v) is 8.17. The van der Waals surface area contributed by atoms with Crippen LogP contribution in [0.4, 0.5) is 10.5 Å². The quantitative estimate of drug-likeness (QED) is 0.853. The molecule has 0 atom stereocenters. The van der Waals surface area contributed by atoms with Gasteiger partial charge in [0, 0.05) is 12.7 Å². The average molecular weight is 364 g/mol. The topological polar surface area (TPSA) is 81.7 Å². The van der Waals surface area contributed by atoms with E-state index in [2.05, 4.69) is 15.6 Å². The summed E-state index contributed by atoms with van der Waals surface area (Å²) in [5.41, 5.74) is 1.46. The predicted octanol–water partition coefficient (Wildman–Crippen LogP) is 2.88. The molecule has 1 aliphatic rings. The summed E-state index contributed by atoms with van der Waals surface area (Å²) in [4.78, 5) is 16.0. The number of urea groups is 1. The second-order valence-corrected chi connectivity index (χ2v) is 5.70. The number of nitrogens with one attached hydrogen (secondary N) is 2. The van der Waals surface area contributed by atoms with E-state index in [0.717, 1.165) is 5.56 Å². The van der Waals surface area contributed by atoms with Crippen molar-refractivity contribution >= 4 is 23.3 Å². The number of hydrogen-bond acceptors (Lipinski definition) is 5. The smallest absolute Gasteiger partial charge is 0.319 e. The minimum atomic E-state index is -0.338. The van der Waals surface area contributed by atoms with Crippen LogP contribution in [0.2, 0.25) is 5.02 Å². The van der Waals surface area contributed by atoms with E-state index < -0.39 is 0 Å². The van der Waals surface area contributed by atoms with E-state index in [1.165, 1.54) is 7.11 Å². The summed E-state index contributed by atoms with van der Waals surface area (Å²) in [6, 6.07) is 6.79. The fourth-order valence-electron chi connectivity index (χ4n) is 2.44. The van der Waals surface area contributed by atoms with Gasteiger partial charge in [-0.25, -0.2) is 9.78 Å². The number of nitrogens with zero attached hydrogens (tertiary/aromatic N) is 1. The molecule has 1 aliphatic heterocycles. The number of pyridine rings is 1. The number of benzene rings is 1. The summed E-state index contributed by atoms with van der Waals surface area (Å²) in [6.45, 7) is 1.43. The van der Waals surface area contributed by atoms with Crippen molar-refractivity contribution in [1.82, 2.24) is 10.3 Å². The number of carbonyl (C=O) groups is 1. The van der Waals surface area contributed by atoms with Crippen LogP contribution in [0.5, 0.6) is 17.4 Å². The van der Waals surface area contributed by atoms with Crippen molar-refractivity contribution in [2.24, 2.45) is 0 Å². The lowest BCUT2D eigenvalue weighted by atomic mass is 10.1. The lowest BCUT2D eigenvalue weighted by Crippen LogP contribution is -2.30. The number of carbonyl (C=O) groups excluding carboxylic acids is 1. The Kier molecular flexibility index (Phi) is 5.45. The molecule has 1 aromatic heterocycles. The molecule has 8 heteroatoms. The third-order valence-electron chi connectivity index (χ3n) is 3.57. The highest BCUT2D eigenvalue weighted by atomic mass is 35.5. The van der Waals surface area contributed by atoms with Crippen molar-refractivity contribution < 1.29 is 19.0 Å². The molecular weight excluding hydrogens is 346 g/mol. The molecule has 0 saturated heterocycles. The standard InChI is InChI=1S/C17H18ClN3O4/c1-23-16-13(3-2-5-19-16)21-17(22)20-6-4-11-9-12(18)15-14(10-11)24-7-8-25-15/h2-3,5,9-10H,4,6-8H2,1H3,(H2,20,21,22). The number of fused-ring (bicyclic) bond motifs is 1. The van der Waals surface area contributed by atoms with E-state index in [4.69, 9.17) is 25.8 Å². The first-order valence-electron chi connectivity index (χ1n) is 7.79. The van der Waals surface area contributed by atoms with E-state index in [9.17, 15) is 4.79 Å². The molecule has 1 aromatic carbocycles. The molecule has 2 N–H and O–H groups in total. The van der Waals surface area contributed by atoms with Crippen LogP contribution >= 0.6 is 11.6 Å². The second-order valence-electron chi connectivity index (χ2n) is 5.29. The fraction of sp³-hybridized carbons (Fsp3) is 0.294. The molecule has 2 amide bonds. The van der Waals surface area contributed by atoms with Gasteiger partial charge >= 0.3 is 6.03 Å². The van der Waals surface area contributed by atoms with Crippen LogP contribution in [0, 0.1) is 0 Å². The molecule has 0 radical (unpaired) electrons. The number of halogens is 1. The predicted molar refractivity (Wildman–Crippen MR) is 94.0 cm³/mol. The molecule has 132 valence electrons. The van der Waals surface area contributed by atoms with E-state index in [1.54, 1.807) is 18.3 Å². The van der Waals surface area contributed by atoms with Crippen LogP contribution in [0.15, 0.2) is 30.5 Å². The van der Waals surface area contributed by atoms with Crippen molar-refractivity contribution in [3.05, 3.63) is 41.0 Å². The maximum atomic E-state index is 12.0. The molecule has 0 aliphatic carbocycles. The van der Waals surface area contributed by atoms with Crippen LogP contribution in [0.1, 0.15) is 5.56 Å². The van der Waals surface area contributed by atoms with Crippen molar-refractivity contribution in [2.75, 3.05) is 32.2 Å². The van der Waals surface area contributed by atoms with Gasteiger partial charge in [-0.3, -0.25) is 0 Å². The Morgan fingerprint density at radius 3 is 3.04 bits per heavy atom. The molecule has 2 heterocycles. The molecule has 0 fully saturated rings. The molecular formula is C17H18ClN3O4. The molecule has 3 rings (SSSR count). The maximum absolute atomic E-state index is 12.0. The summed E-state index contributed by atoms with van der Waals surface area (Å²) in [6.07, 6.45) is 2.20. The van der Waals surface area contributed by atoms with Crippen LogP contribution in [0.3, 0.4) is 0 Å². The largest absolute Gasteiger partial charge is 0.486 e. The molecule has 0 saturated carbocycles. The van der Waals surface area contributed by atoms with E-state index in [1.807, 2.05) is 12.1 Å². The van der Waals surface area contributed by atoms with Gasteiger partial charge in [-0.05, 0) is 36.2 Å². The minimum Gasteiger partial charge on any atom is -0.486 e. The number of anilines is 1. The summed E-state index contributed by atoms with van der Waals surface area (Å²) >= 11 is 6.20. The van der Waals surface area contributed by atoms with Crippen molar-refractivity contribution in [3.8, 4) is 17.4 Å². The first kappa shape index (κ1) is 17.2. The zero-order valence-corrected chi connectivity index (χ0v) is 14.4. The molecule has 25 heavy (non-hydrogen) atoms. The number of ether oxygens (including phenoxy) is 3. The van der Waals surface area contributed by atoms with Gasteiger partial charge < -0.3 is 24.8 Å². The van der Waals surface area contributed by atoms with Gasteiger partial charge in [0.1, 0.15) is 18.9 Å². The zero-order chi connectivity index (χ0) is 17.6. The van der Waals surface area contributed by atoms with Gasteiger partial charge in [0.2, 0.25) is 5.88 Å². The summed E-state index contributed by atoms with van der Waals surface area (Å²) in [5, 5.41) is 5.99. The van der Waals surface area contributed by atoms with Gasteiger partial charge in [0.25, 0.3) is 0 Å². The van der Waals surface area contributed by atoms with Crippen LogP contribution in [-0.4, -0.2) is 37.9 Å². The summed E-state index contributed by atoms with van der Waals surface area (Å²) < 4.78 is 16.1. The van der Waals surface area contributed by atoms with Gasteiger partial charge in [-0.2, -0.15) is 0 Å². The number of rotatable bonds is 5. The Hall–Kier alpha value is -2.67. The number of hydrogen-bond donors (Lipinski definition) is 2. The van der Waals surface area contributed by atoms with E-state index in [-0.39, 0.29) is 6.03 Å². The van der Waals surface area contributed by atoms with E-state index in [0.29, 0.717) is 54.3 Å². The van der Waals surface area contributed by atoms with Crippen LogP contribution in [0.25, 0.3) is 0 Å². The lowest BCUT2D eigenvalue weighted by Gasteiger charge is -2.20. The third-order valence-corrected chi connectivity index (χ3v) is 3.85. The highest BCUT2D eigenvalue weighted by Gasteiger charge is 2.16. The minimum absolute atomic E-state index is 0.338. The van der Waals surface area contributed by atoms with Crippen molar-refractivity contribution in [3.63, 3.8) is 0 Å². The van der Waals surface area contributed by atoms with Crippen molar-refractivity contribution in [2.45, 2.75) is 6.42 Å². The third kappa shape index (κ3) is 4.24. The SMILES string of the molecule is COc1ncccc1NC(=O)NCCc1cc(Cl)c2c(c1)OCCO2. The normalized spacial score (nSPS) is 12.4. The fourth-order valence-corrected chi connectivity index (χ4v) is 2.73. The Morgan fingerprint density at radius 2 is 2.20 bits per heavy atom. The number of amides is 2. The molecule has 7 nitrogen and oxygen atoms in total. The number of aromatic nitrogens is 1. The van der Waals surface area contributed by atoms with E-state index >= 15 is 0 Å².